The van der Waals surface area contributed by atoms with Crippen LogP contribution >= 0.6 is 0 Å². The van der Waals surface area contributed by atoms with E-state index in [1.807, 2.05) is 43.0 Å². The summed E-state index contributed by atoms with van der Waals surface area (Å²) < 4.78 is 0. The smallest absolute Gasteiger partial charge is 0.261 e. The van der Waals surface area contributed by atoms with Crippen LogP contribution in [0.4, 0.5) is 0 Å². The Labute approximate surface area is 198 Å². The number of piperidine rings is 1. The zero-order valence-electron chi connectivity index (χ0n) is 19.3. The molecule has 3 heterocycles. The normalized spacial score (nSPS) is 17.8. The van der Waals surface area contributed by atoms with Crippen molar-refractivity contribution >= 4 is 17.7 Å². The quantitative estimate of drug-likeness (QED) is 0.556. The Morgan fingerprint density at radius 3 is 2.41 bits per heavy atom. The van der Waals surface area contributed by atoms with E-state index in [-0.39, 0.29) is 30.3 Å². The van der Waals surface area contributed by atoms with E-state index < -0.39 is 0 Å². The second-order valence-corrected chi connectivity index (χ2v) is 9.03. The van der Waals surface area contributed by atoms with Crippen molar-refractivity contribution < 1.29 is 14.4 Å². The fourth-order valence-electron chi connectivity index (χ4n) is 5.14. The van der Waals surface area contributed by atoms with Gasteiger partial charge in [0.15, 0.2) is 0 Å². The summed E-state index contributed by atoms with van der Waals surface area (Å²) in [7, 11) is 0. The minimum atomic E-state index is -0.287. The number of nitrogens with zero attached hydrogens (tertiary/aromatic N) is 4. The van der Waals surface area contributed by atoms with E-state index in [9.17, 15) is 14.4 Å². The Kier molecular flexibility index (Phi) is 5.69. The molecule has 0 N–H and O–H groups in total. The molecule has 1 fully saturated rings. The van der Waals surface area contributed by atoms with E-state index in [1.165, 1.54) is 4.90 Å². The highest BCUT2D eigenvalue weighted by molar-refractivity contribution is 6.21. The molecule has 0 spiro atoms. The van der Waals surface area contributed by atoms with Gasteiger partial charge in [-0.25, -0.2) is 0 Å². The molecule has 0 radical (unpaired) electrons. The summed E-state index contributed by atoms with van der Waals surface area (Å²) in [5.74, 6) is -0.677. The molecule has 7 heteroatoms. The predicted octanol–water partition coefficient (Wildman–Crippen LogP) is 4.05. The van der Waals surface area contributed by atoms with Gasteiger partial charge < -0.3 is 4.90 Å². The highest BCUT2D eigenvalue weighted by Gasteiger charge is 2.39. The molecule has 5 rings (SSSR count). The van der Waals surface area contributed by atoms with Crippen molar-refractivity contribution in [1.29, 1.82) is 0 Å². The number of aryl methyl sites for hydroxylation is 2. The van der Waals surface area contributed by atoms with Crippen LogP contribution in [0.2, 0.25) is 0 Å². The fraction of sp³-hybridized carbons (Fsp3) is 0.296. The van der Waals surface area contributed by atoms with Gasteiger partial charge in [-0.05, 0) is 69.0 Å². The molecular formula is C27H26N4O3. The number of amides is 3. The molecule has 1 atom stereocenters. The van der Waals surface area contributed by atoms with Gasteiger partial charge in [-0.15, -0.1) is 0 Å². The molecule has 2 aromatic carbocycles. The predicted molar refractivity (Wildman–Crippen MR) is 127 cm³/mol. The molecule has 7 nitrogen and oxygen atoms in total. The van der Waals surface area contributed by atoms with Gasteiger partial charge >= 0.3 is 0 Å². The Morgan fingerprint density at radius 1 is 1.00 bits per heavy atom. The first-order chi connectivity index (χ1) is 16.5. The molecule has 1 unspecified atom stereocenters. The second kappa shape index (κ2) is 8.82. The lowest BCUT2D eigenvalue weighted by Gasteiger charge is -2.38. The lowest BCUT2D eigenvalue weighted by atomic mass is 9.93. The van der Waals surface area contributed by atoms with Gasteiger partial charge in [-0.3, -0.25) is 19.3 Å². The average molecular weight is 455 g/mol. The molecule has 172 valence electrons. The average Bonchev–Trinajstić information content (AvgIpc) is 3.09. The first-order valence-electron chi connectivity index (χ1n) is 11.6. The third-order valence-electron chi connectivity index (χ3n) is 6.70. The molecule has 0 saturated carbocycles. The van der Waals surface area contributed by atoms with Crippen molar-refractivity contribution in [2.24, 2.45) is 0 Å². The minimum Gasteiger partial charge on any atom is -0.334 e. The van der Waals surface area contributed by atoms with Crippen LogP contribution in [0.1, 0.15) is 61.5 Å². The summed E-state index contributed by atoms with van der Waals surface area (Å²) in [6.45, 7) is 4.72. The van der Waals surface area contributed by atoms with Crippen LogP contribution in [0.3, 0.4) is 0 Å². The number of benzene rings is 2. The van der Waals surface area contributed by atoms with Crippen molar-refractivity contribution in [2.75, 3.05) is 13.1 Å². The number of likely N-dealkylation sites (tertiary alicyclic amines) is 1. The van der Waals surface area contributed by atoms with Crippen LogP contribution in [0.5, 0.6) is 0 Å². The highest BCUT2D eigenvalue weighted by Crippen LogP contribution is 2.31. The van der Waals surface area contributed by atoms with Crippen molar-refractivity contribution in [1.82, 2.24) is 20.0 Å². The number of imide groups is 1. The van der Waals surface area contributed by atoms with E-state index in [4.69, 9.17) is 0 Å². The first-order valence-corrected chi connectivity index (χ1v) is 11.6. The van der Waals surface area contributed by atoms with Crippen LogP contribution in [0.25, 0.3) is 11.3 Å². The zero-order chi connectivity index (χ0) is 23.8. The number of aromatic nitrogens is 2. The van der Waals surface area contributed by atoms with Gasteiger partial charge in [0.2, 0.25) is 0 Å². The number of fused-ring (bicyclic) bond motifs is 1. The van der Waals surface area contributed by atoms with Gasteiger partial charge in [0.1, 0.15) is 0 Å². The summed E-state index contributed by atoms with van der Waals surface area (Å²) in [4.78, 5) is 43.0. The highest BCUT2D eigenvalue weighted by atomic mass is 16.2. The Hall–Kier alpha value is -3.87. The van der Waals surface area contributed by atoms with Crippen LogP contribution < -0.4 is 0 Å². The van der Waals surface area contributed by atoms with E-state index in [0.717, 1.165) is 36.0 Å². The summed E-state index contributed by atoms with van der Waals surface area (Å²) >= 11 is 0. The van der Waals surface area contributed by atoms with Gasteiger partial charge in [0, 0.05) is 30.4 Å². The molecule has 1 saturated heterocycles. The van der Waals surface area contributed by atoms with Gasteiger partial charge in [0.05, 0.1) is 22.9 Å². The van der Waals surface area contributed by atoms with Crippen molar-refractivity contribution in [3.8, 4) is 11.3 Å². The third kappa shape index (κ3) is 3.77. The zero-order valence-corrected chi connectivity index (χ0v) is 19.3. The molecule has 0 aliphatic carbocycles. The van der Waals surface area contributed by atoms with Crippen LogP contribution in [0, 0.1) is 13.8 Å². The lowest BCUT2D eigenvalue weighted by Crippen LogP contribution is -2.50. The molecule has 2 aliphatic heterocycles. The molecule has 3 amide bonds. The van der Waals surface area contributed by atoms with E-state index >= 15 is 0 Å². The first kappa shape index (κ1) is 21.9. The van der Waals surface area contributed by atoms with E-state index in [2.05, 4.69) is 10.2 Å². The monoisotopic (exact) mass is 454 g/mol. The van der Waals surface area contributed by atoms with E-state index in [1.54, 1.807) is 30.5 Å². The standard InChI is InChI=1S/C27H26N4O3/c1-17-14-18(2)24(23-11-7-12-28-29-23)22(15-17)27(34)30-13-6-5-8-19(30)16-31-25(32)20-9-3-4-10-21(20)26(31)33/h3-4,7,9-12,14-15,19H,5-6,8,13,16H2,1-2H3. The number of carbonyl (C=O) groups is 3. The Bertz CT molecular complexity index is 1250. The molecule has 34 heavy (non-hydrogen) atoms. The second-order valence-electron chi connectivity index (χ2n) is 9.03. The maximum atomic E-state index is 14.0. The summed E-state index contributed by atoms with van der Waals surface area (Å²) in [5.41, 5.74) is 4.80. The maximum Gasteiger partial charge on any atom is 0.261 e. The molecule has 0 bridgehead atoms. The topological polar surface area (TPSA) is 83.5 Å². The van der Waals surface area contributed by atoms with Gasteiger partial charge in [-0.1, -0.05) is 23.8 Å². The fourth-order valence-corrected chi connectivity index (χ4v) is 5.14. The summed E-state index contributed by atoms with van der Waals surface area (Å²) in [6.07, 6.45) is 4.18. The Morgan fingerprint density at radius 2 is 1.74 bits per heavy atom. The number of hydrogen-bond donors (Lipinski definition) is 0. The Balaban J connectivity index is 1.48. The van der Waals surface area contributed by atoms with Crippen molar-refractivity contribution in [2.45, 2.75) is 39.2 Å². The SMILES string of the molecule is Cc1cc(C)c(-c2cccnn2)c(C(=O)N2CCCCC2CN2C(=O)c3ccccc3C2=O)c1. The minimum absolute atomic E-state index is 0.103. The largest absolute Gasteiger partial charge is 0.334 e. The van der Waals surface area contributed by atoms with Crippen molar-refractivity contribution in [3.63, 3.8) is 0 Å². The summed E-state index contributed by atoms with van der Waals surface area (Å²) in [5, 5.41) is 8.26. The van der Waals surface area contributed by atoms with Crippen LogP contribution in [-0.2, 0) is 0 Å². The maximum absolute atomic E-state index is 14.0. The molecule has 3 aromatic rings. The van der Waals surface area contributed by atoms with Gasteiger partial charge in [-0.2, -0.15) is 10.2 Å². The number of carbonyl (C=O) groups excluding carboxylic acids is 3. The van der Waals surface area contributed by atoms with Crippen LogP contribution in [-0.4, -0.2) is 56.9 Å². The number of hydrogen-bond acceptors (Lipinski definition) is 5. The molecule has 1 aromatic heterocycles. The summed E-state index contributed by atoms with van der Waals surface area (Å²) in [6, 6.07) is 14.2. The lowest BCUT2D eigenvalue weighted by molar-refractivity contribution is 0.0463. The van der Waals surface area contributed by atoms with E-state index in [0.29, 0.717) is 28.9 Å². The third-order valence-corrected chi connectivity index (χ3v) is 6.70. The van der Waals surface area contributed by atoms with Crippen molar-refractivity contribution in [3.05, 3.63) is 82.5 Å². The van der Waals surface area contributed by atoms with Gasteiger partial charge in [0.25, 0.3) is 17.7 Å². The van der Waals surface area contributed by atoms with Crippen LogP contribution in [0.15, 0.2) is 54.7 Å². The number of rotatable bonds is 4. The molecular weight excluding hydrogens is 428 g/mol. The molecule has 2 aliphatic rings.